The summed E-state index contributed by atoms with van der Waals surface area (Å²) in [4.78, 5) is 17.7. The molecule has 0 bridgehead atoms. The Hall–Kier alpha value is -3.15. The number of aryl methyl sites for hydroxylation is 1. The lowest BCUT2D eigenvalue weighted by molar-refractivity contribution is 0.0733. The van der Waals surface area contributed by atoms with Crippen molar-refractivity contribution in [2.75, 3.05) is 6.61 Å². The molecule has 0 unspecified atom stereocenters. The normalized spacial score (nSPS) is 11.2. The SMILES string of the molecule is CCOc1cc(C=Nc2ccc(C)cc2)ccc1OC(=O)c1sc2ccccc2c1Cl. The van der Waals surface area contributed by atoms with E-state index >= 15 is 0 Å². The zero-order valence-electron chi connectivity index (χ0n) is 17.1. The van der Waals surface area contributed by atoms with Gasteiger partial charge in [0.1, 0.15) is 4.88 Å². The smallest absolute Gasteiger partial charge is 0.355 e. The van der Waals surface area contributed by atoms with Gasteiger partial charge in [-0.05, 0) is 55.8 Å². The van der Waals surface area contributed by atoms with Gasteiger partial charge in [0.05, 0.1) is 17.3 Å². The molecule has 0 spiro atoms. The minimum Gasteiger partial charge on any atom is -0.490 e. The first-order chi connectivity index (χ1) is 15.0. The number of halogens is 1. The van der Waals surface area contributed by atoms with Crippen molar-refractivity contribution in [1.82, 2.24) is 0 Å². The van der Waals surface area contributed by atoms with Gasteiger partial charge in [-0.2, -0.15) is 0 Å². The first-order valence-corrected chi connectivity index (χ1v) is 11.0. The zero-order valence-corrected chi connectivity index (χ0v) is 18.7. The lowest BCUT2D eigenvalue weighted by atomic mass is 10.2. The van der Waals surface area contributed by atoms with Crippen LogP contribution in [0.25, 0.3) is 10.1 Å². The highest BCUT2D eigenvalue weighted by atomic mass is 35.5. The predicted molar refractivity (Wildman–Crippen MR) is 128 cm³/mol. The number of carbonyl (C=O) groups excluding carboxylic acids is 1. The summed E-state index contributed by atoms with van der Waals surface area (Å²) < 4.78 is 12.3. The average molecular weight is 450 g/mol. The molecule has 0 amide bonds. The molecule has 0 fully saturated rings. The van der Waals surface area contributed by atoms with Gasteiger partial charge < -0.3 is 9.47 Å². The molecule has 156 valence electrons. The Morgan fingerprint density at radius 3 is 2.58 bits per heavy atom. The summed E-state index contributed by atoms with van der Waals surface area (Å²) in [5, 5.41) is 1.25. The van der Waals surface area contributed by atoms with E-state index in [2.05, 4.69) is 4.99 Å². The summed E-state index contributed by atoms with van der Waals surface area (Å²) in [6, 6.07) is 20.9. The molecule has 3 aromatic carbocycles. The van der Waals surface area contributed by atoms with Crippen LogP contribution in [-0.2, 0) is 0 Å². The summed E-state index contributed by atoms with van der Waals surface area (Å²) in [6.45, 7) is 4.35. The maximum absolute atomic E-state index is 12.8. The number of fused-ring (bicyclic) bond motifs is 1. The Balaban J connectivity index is 1.58. The Labute approximate surface area is 189 Å². The van der Waals surface area contributed by atoms with Gasteiger partial charge in [0, 0.05) is 16.3 Å². The van der Waals surface area contributed by atoms with Crippen molar-refractivity contribution in [2.45, 2.75) is 13.8 Å². The molecule has 0 aliphatic rings. The summed E-state index contributed by atoms with van der Waals surface area (Å²) in [6.07, 6.45) is 1.75. The molecule has 31 heavy (non-hydrogen) atoms. The summed E-state index contributed by atoms with van der Waals surface area (Å²) in [5.74, 6) is 0.307. The van der Waals surface area contributed by atoms with Gasteiger partial charge >= 0.3 is 5.97 Å². The molecule has 1 aromatic heterocycles. The van der Waals surface area contributed by atoms with Crippen LogP contribution in [-0.4, -0.2) is 18.8 Å². The van der Waals surface area contributed by atoms with Crippen molar-refractivity contribution in [3.05, 3.63) is 87.8 Å². The number of aliphatic imine (C=N–C) groups is 1. The topological polar surface area (TPSA) is 47.9 Å². The maximum Gasteiger partial charge on any atom is 0.355 e. The fourth-order valence-electron chi connectivity index (χ4n) is 3.03. The van der Waals surface area contributed by atoms with Crippen LogP contribution in [0.3, 0.4) is 0 Å². The average Bonchev–Trinajstić information content (AvgIpc) is 3.12. The Morgan fingerprint density at radius 1 is 1.06 bits per heavy atom. The first kappa shape index (κ1) is 21.1. The fourth-order valence-corrected chi connectivity index (χ4v) is 4.41. The van der Waals surface area contributed by atoms with E-state index in [1.54, 1.807) is 18.3 Å². The molecule has 4 rings (SSSR count). The number of rotatable bonds is 6. The third-order valence-electron chi connectivity index (χ3n) is 4.59. The molecular formula is C25H20ClNO3S. The number of hydrogen-bond acceptors (Lipinski definition) is 5. The van der Waals surface area contributed by atoms with E-state index in [0.29, 0.717) is 28.0 Å². The molecule has 0 aliphatic heterocycles. The molecule has 0 aliphatic carbocycles. The number of hydrogen-bond donors (Lipinski definition) is 0. The third-order valence-corrected chi connectivity index (χ3v) is 6.24. The Morgan fingerprint density at radius 2 is 1.84 bits per heavy atom. The van der Waals surface area contributed by atoms with Crippen LogP contribution in [0.5, 0.6) is 11.5 Å². The van der Waals surface area contributed by atoms with Crippen molar-refractivity contribution in [3.63, 3.8) is 0 Å². The molecule has 0 saturated carbocycles. The monoisotopic (exact) mass is 449 g/mol. The van der Waals surface area contributed by atoms with Crippen molar-refractivity contribution in [3.8, 4) is 11.5 Å². The highest BCUT2D eigenvalue weighted by molar-refractivity contribution is 7.21. The van der Waals surface area contributed by atoms with Crippen LogP contribution in [0.1, 0.15) is 27.7 Å². The number of nitrogens with zero attached hydrogens (tertiary/aromatic N) is 1. The standard InChI is InChI=1S/C25H20ClNO3S/c1-3-29-21-14-17(15-27-18-11-8-16(2)9-12-18)10-13-20(21)30-25(28)24-23(26)19-6-4-5-7-22(19)31-24/h4-15H,3H2,1-2H3. The highest BCUT2D eigenvalue weighted by Crippen LogP contribution is 2.37. The molecule has 0 atom stereocenters. The number of benzene rings is 3. The molecule has 0 saturated heterocycles. The first-order valence-electron chi connectivity index (χ1n) is 9.82. The van der Waals surface area contributed by atoms with Crippen LogP contribution in [0.4, 0.5) is 5.69 Å². The van der Waals surface area contributed by atoms with Crippen LogP contribution in [0, 0.1) is 6.92 Å². The fraction of sp³-hybridized carbons (Fsp3) is 0.120. The van der Waals surface area contributed by atoms with Crippen LogP contribution >= 0.6 is 22.9 Å². The predicted octanol–water partition coefficient (Wildman–Crippen LogP) is 7.23. The van der Waals surface area contributed by atoms with Gasteiger partial charge in [-0.25, -0.2) is 4.79 Å². The van der Waals surface area contributed by atoms with Crippen LogP contribution in [0.15, 0.2) is 71.7 Å². The van der Waals surface area contributed by atoms with Gasteiger partial charge in [-0.1, -0.05) is 47.5 Å². The summed E-state index contributed by atoms with van der Waals surface area (Å²) in [5.41, 5.74) is 2.88. The van der Waals surface area contributed by atoms with E-state index < -0.39 is 5.97 Å². The third kappa shape index (κ3) is 4.79. The molecule has 1 heterocycles. The van der Waals surface area contributed by atoms with Crippen molar-refractivity contribution in [2.24, 2.45) is 4.99 Å². The van der Waals surface area contributed by atoms with Crippen molar-refractivity contribution >= 4 is 50.9 Å². The van der Waals surface area contributed by atoms with Gasteiger partial charge in [-0.3, -0.25) is 4.99 Å². The Bertz CT molecular complexity index is 1260. The van der Waals surface area contributed by atoms with Gasteiger partial charge in [-0.15, -0.1) is 11.3 Å². The number of esters is 1. The minimum atomic E-state index is -0.506. The molecule has 4 aromatic rings. The van der Waals surface area contributed by atoms with E-state index in [1.807, 2.05) is 68.4 Å². The Kier molecular flexibility index (Phi) is 6.35. The molecule has 0 N–H and O–H groups in total. The van der Waals surface area contributed by atoms with E-state index in [4.69, 9.17) is 21.1 Å². The van der Waals surface area contributed by atoms with Crippen molar-refractivity contribution in [1.29, 1.82) is 0 Å². The lowest BCUT2D eigenvalue weighted by Crippen LogP contribution is -2.08. The zero-order chi connectivity index (χ0) is 21.8. The molecule has 0 radical (unpaired) electrons. The largest absolute Gasteiger partial charge is 0.490 e. The number of thiophene rings is 1. The van der Waals surface area contributed by atoms with Gasteiger partial charge in [0.15, 0.2) is 11.5 Å². The summed E-state index contributed by atoms with van der Waals surface area (Å²) in [7, 11) is 0. The minimum absolute atomic E-state index is 0.341. The van der Waals surface area contributed by atoms with Gasteiger partial charge in [0.2, 0.25) is 0 Å². The van der Waals surface area contributed by atoms with E-state index in [0.717, 1.165) is 21.3 Å². The molecular weight excluding hydrogens is 430 g/mol. The van der Waals surface area contributed by atoms with Crippen molar-refractivity contribution < 1.29 is 14.3 Å². The van der Waals surface area contributed by atoms with Gasteiger partial charge in [0.25, 0.3) is 0 Å². The summed E-state index contributed by atoms with van der Waals surface area (Å²) >= 11 is 7.73. The van der Waals surface area contributed by atoms with Crippen LogP contribution < -0.4 is 9.47 Å². The second kappa shape index (κ2) is 9.33. The second-order valence-corrected chi connectivity index (χ2v) is 8.29. The van der Waals surface area contributed by atoms with E-state index in [-0.39, 0.29) is 0 Å². The lowest BCUT2D eigenvalue weighted by Gasteiger charge is -2.11. The quantitative estimate of drug-likeness (QED) is 0.177. The second-order valence-electron chi connectivity index (χ2n) is 6.86. The van der Waals surface area contributed by atoms with Crippen LogP contribution in [0.2, 0.25) is 5.02 Å². The molecule has 6 heteroatoms. The van der Waals surface area contributed by atoms with E-state index in [1.165, 1.54) is 16.9 Å². The molecule has 4 nitrogen and oxygen atoms in total. The number of carbonyl (C=O) groups is 1. The highest BCUT2D eigenvalue weighted by Gasteiger charge is 2.20. The maximum atomic E-state index is 12.8. The van der Waals surface area contributed by atoms with E-state index in [9.17, 15) is 4.79 Å². The number of ether oxygens (including phenoxy) is 2.